The van der Waals surface area contributed by atoms with Crippen molar-refractivity contribution in [3.63, 3.8) is 0 Å². The zero-order chi connectivity index (χ0) is 22.0. The van der Waals surface area contributed by atoms with Crippen LogP contribution in [0.5, 0.6) is 5.75 Å². The molecule has 0 aliphatic rings. The number of hydrogen-bond donors (Lipinski definition) is 2. The molecule has 158 valence electrons. The minimum Gasteiger partial charge on any atom is -0.487 e. The van der Waals surface area contributed by atoms with Gasteiger partial charge in [0.1, 0.15) is 34.6 Å². The van der Waals surface area contributed by atoms with Crippen molar-refractivity contribution < 1.29 is 23.7 Å². The molecule has 0 saturated heterocycles. The summed E-state index contributed by atoms with van der Waals surface area (Å²) in [6, 6.07) is 9.89. The molecule has 30 heavy (non-hydrogen) atoms. The molecule has 0 aliphatic heterocycles. The molecular formula is C22H20BrF2NO4. The molecule has 5 nitrogen and oxygen atoms in total. The highest BCUT2D eigenvalue weighted by atomic mass is 79.9. The fourth-order valence-corrected chi connectivity index (χ4v) is 3.53. The first-order chi connectivity index (χ1) is 14.2. The molecule has 2 N–H and O–H groups in total. The van der Waals surface area contributed by atoms with Crippen molar-refractivity contribution >= 4 is 15.9 Å². The molecular weight excluding hydrogens is 460 g/mol. The van der Waals surface area contributed by atoms with Gasteiger partial charge in [-0.25, -0.2) is 8.78 Å². The van der Waals surface area contributed by atoms with E-state index in [1.807, 2.05) is 0 Å². The van der Waals surface area contributed by atoms with Gasteiger partial charge in [-0.15, -0.1) is 0 Å². The number of hydrogen-bond acceptors (Lipinski definition) is 4. The van der Waals surface area contributed by atoms with Crippen molar-refractivity contribution in [3.8, 4) is 11.4 Å². The van der Waals surface area contributed by atoms with Gasteiger partial charge in [-0.2, -0.15) is 0 Å². The van der Waals surface area contributed by atoms with Crippen LogP contribution < -0.4 is 10.3 Å². The van der Waals surface area contributed by atoms with Gasteiger partial charge in [0, 0.05) is 23.4 Å². The SMILES string of the molecule is Cc1cc(C(O)CO)ccc1-n1c(C)cc(OCc2ccc(F)cc2F)c(Br)c1=O. The van der Waals surface area contributed by atoms with Crippen LogP contribution in [0, 0.1) is 25.5 Å². The molecule has 1 heterocycles. The third-order valence-electron chi connectivity index (χ3n) is 4.72. The van der Waals surface area contributed by atoms with Crippen molar-refractivity contribution in [1.29, 1.82) is 0 Å². The molecule has 0 saturated carbocycles. The van der Waals surface area contributed by atoms with E-state index in [4.69, 9.17) is 9.84 Å². The number of pyridine rings is 1. The van der Waals surface area contributed by atoms with E-state index >= 15 is 0 Å². The molecule has 2 aromatic carbocycles. The summed E-state index contributed by atoms with van der Waals surface area (Å²) in [6.45, 7) is 2.96. The maximum absolute atomic E-state index is 13.8. The van der Waals surface area contributed by atoms with Crippen LogP contribution >= 0.6 is 15.9 Å². The van der Waals surface area contributed by atoms with Gasteiger partial charge in [-0.3, -0.25) is 9.36 Å². The Hall–Kier alpha value is -2.55. The van der Waals surface area contributed by atoms with Crippen molar-refractivity contribution in [2.75, 3.05) is 6.61 Å². The van der Waals surface area contributed by atoms with Gasteiger partial charge in [0.15, 0.2) is 0 Å². The number of aliphatic hydroxyl groups is 2. The van der Waals surface area contributed by atoms with E-state index in [-0.39, 0.29) is 28.0 Å². The Morgan fingerprint density at radius 3 is 2.50 bits per heavy atom. The Bertz CT molecular complexity index is 1150. The Morgan fingerprint density at radius 2 is 1.87 bits per heavy atom. The molecule has 1 unspecified atom stereocenters. The molecule has 0 spiro atoms. The molecule has 0 amide bonds. The van der Waals surface area contributed by atoms with Gasteiger partial charge in [0.05, 0.1) is 12.3 Å². The van der Waals surface area contributed by atoms with Crippen LogP contribution in [0.1, 0.15) is 28.5 Å². The first kappa shape index (κ1) is 22.1. The zero-order valence-corrected chi connectivity index (χ0v) is 17.9. The van der Waals surface area contributed by atoms with E-state index in [1.165, 1.54) is 10.6 Å². The van der Waals surface area contributed by atoms with E-state index in [0.29, 0.717) is 16.9 Å². The molecule has 8 heteroatoms. The number of benzene rings is 2. The normalized spacial score (nSPS) is 12.1. The van der Waals surface area contributed by atoms with Crippen molar-refractivity contribution in [2.24, 2.45) is 0 Å². The first-order valence-corrected chi connectivity index (χ1v) is 9.91. The fraction of sp³-hybridized carbons (Fsp3) is 0.227. The molecule has 0 radical (unpaired) electrons. The summed E-state index contributed by atoms with van der Waals surface area (Å²) in [6.07, 6.45) is -0.995. The summed E-state index contributed by atoms with van der Waals surface area (Å²) < 4.78 is 34.1. The summed E-state index contributed by atoms with van der Waals surface area (Å²) in [5, 5.41) is 18.9. The highest BCUT2D eigenvalue weighted by molar-refractivity contribution is 9.10. The second-order valence-electron chi connectivity index (χ2n) is 6.87. The number of aryl methyl sites for hydroxylation is 2. The van der Waals surface area contributed by atoms with E-state index in [9.17, 15) is 18.7 Å². The van der Waals surface area contributed by atoms with E-state index in [1.54, 1.807) is 38.1 Å². The second-order valence-corrected chi connectivity index (χ2v) is 7.67. The molecule has 0 bridgehead atoms. The van der Waals surface area contributed by atoms with Gasteiger partial charge < -0.3 is 14.9 Å². The van der Waals surface area contributed by atoms with Gasteiger partial charge >= 0.3 is 0 Å². The third-order valence-corrected chi connectivity index (χ3v) is 5.45. The summed E-state index contributed by atoms with van der Waals surface area (Å²) in [7, 11) is 0. The van der Waals surface area contributed by atoms with Crippen LogP contribution in [-0.2, 0) is 6.61 Å². The maximum atomic E-state index is 13.8. The standard InChI is InChI=1S/C22H20BrF2NO4/c1-12-7-14(19(28)10-27)4-6-18(12)26-13(2)8-20(21(23)22(26)29)30-11-15-3-5-16(24)9-17(15)25/h3-9,19,27-28H,10-11H2,1-2H3. The maximum Gasteiger partial charge on any atom is 0.273 e. The molecule has 1 aromatic heterocycles. The Kier molecular flexibility index (Phi) is 6.70. The lowest BCUT2D eigenvalue weighted by Gasteiger charge is -2.17. The van der Waals surface area contributed by atoms with Crippen LogP contribution in [0.4, 0.5) is 8.78 Å². The number of nitrogens with zero attached hydrogens (tertiary/aromatic N) is 1. The summed E-state index contributed by atoms with van der Waals surface area (Å²) >= 11 is 3.25. The highest BCUT2D eigenvalue weighted by Crippen LogP contribution is 2.27. The van der Waals surface area contributed by atoms with E-state index < -0.39 is 24.3 Å². The highest BCUT2D eigenvalue weighted by Gasteiger charge is 2.16. The summed E-state index contributed by atoms with van der Waals surface area (Å²) in [5.41, 5.74) is 2.27. The lowest BCUT2D eigenvalue weighted by molar-refractivity contribution is 0.0956. The van der Waals surface area contributed by atoms with Crippen molar-refractivity contribution in [2.45, 2.75) is 26.6 Å². The van der Waals surface area contributed by atoms with Gasteiger partial charge in [0.2, 0.25) is 0 Å². The predicted molar refractivity (Wildman–Crippen MR) is 112 cm³/mol. The van der Waals surface area contributed by atoms with Gasteiger partial charge in [-0.05, 0) is 59.1 Å². The summed E-state index contributed by atoms with van der Waals surface area (Å²) in [4.78, 5) is 13.0. The average Bonchev–Trinajstić information content (AvgIpc) is 2.71. The fourth-order valence-electron chi connectivity index (χ4n) is 3.12. The minimum absolute atomic E-state index is 0.162. The summed E-state index contributed by atoms with van der Waals surface area (Å²) in [5.74, 6) is -1.16. The van der Waals surface area contributed by atoms with Crippen LogP contribution in [0.25, 0.3) is 5.69 Å². The largest absolute Gasteiger partial charge is 0.487 e. The van der Waals surface area contributed by atoms with Crippen LogP contribution in [0.15, 0.2) is 51.7 Å². The molecule has 3 aromatic rings. The lowest BCUT2D eigenvalue weighted by atomic mass is 10.0. The van der Waals surface area contributed by atoms with Crippen LogP contribution in [0.2, 0.25) is 0 Å². The van der Waals surface area contributed by atoms with E-state index in [2.05, 4.69) is 15.9 Å². The predicted octanol–water partition coefficient (Wildman–Crippen LogP) is 4.10. The average molecular weight is 480 g/mol. The van der Waals surface area contributed by atoms with Crippen molar-refractivity contribution in [1.82, 2.24) is 4.57 Å². The lowest BCUT2D eigenvalue weighted by Crippen LogP contribution is -2.23. The molecule has 1 atom stereocenters. The molecule has 0 fully saturated rings. The quantitative estimate of drug-likeness (QED) is 0.558. The van der Waals surface area contributed by atoms with Gasteiger partial charge in [0.25, 0.3) is 5.56 Å². The molecule has 3 rings (SSSR count). The Morgan fingerprint density at radius 1 is 1.13 bits per heavy atom. The van der Waals surface area contributed by atoms with E-state index in [0.717, 1.165) is 17.7 Å². The number of aliphatic hydroxyl groups excluding tert-OH is 2. The topological polar surface area (TPSA) is 71.7 Å². The van der Waals surface area contributed by atoms with Gasteiger partial charge in [-0.1, -0.05) is 12.1 Å². The van der Waals surface area contributed by atoms with Crippen LogP contribution in [0.3, 0.4) is 0 Å². The van der Waals surface area contributed by atoms with Crippen molar-refractivity contribution in [3.05, 3.63) is 91.3 Å². The zero-order valence-electron chi connectivity index (χ0n) is 16.3. The number of rotatable bonds is 6. The Balaban J connectivity index is 1.94. The number of aromatic nitrogens is 1. The van der Waals surface area contributed by atoms with Crippen LogP contribution in [-0.4, -0.2) is 21.4 Å². The monoisotopic (exact) mass is 479 g/mol. The second kappa shape index (κ2) is 9.07. The molecule has 0 aliphatic carbocycles. The Labute approximate surface area is 180 Å². The smallest absolute Gasteiger partial charge is 0.273 e. The first-order valence-electron chi connectivity index (χ1n) is 9.11. The minimum atomic E-state index is -0.995. The number of ether oxygens (including phenoxy) is 1. The number of halogens is 3. The third kappa shape index (κ3) is 4.45.